The third-order valence-corrected chi connectivity index (χ3v) is 4.48. The lowest BCUT2D eigenvalue weighted by Gasteiger charge is -2.19. The molecule has 0 amide bonds. The SMILES string of the molecule is O=C1c2cc(O)c([N+](=O)[O-])cc2C(=O)c2cc(O)c(Nc3ccccc3)cc21. The van der Waals surface area contributed by atoms with Crippen molar-refractivity contribution in [3.05, 3.63) is 87.0 Å². The summed E-state index contributed by atoms with van der Waals surface area (Å²) in [5.74, 6) is -2.17. The zero-order valence-electron chi connectivity index (χ0n) is 14.2. The van der Waals surface area contributed by atoms with Crippen molar-refractivity contribution in [2.24, 2.45) is 0 Å². The van der Waals surface area contributed by atoms with E-state index in [0.717, 1.165) is 18.2 Å². The first-order chi connectivity index (χ1) is 13.4. The summed E-state index contributed by atoms with van der Waals surface area (Å²) in [7, 11) is 0. The molecule has 0 aliphatic heterocycles. The minimum absolute atomic E-state index is 0.0296. The molecule has 3 N–H and O–H groups in total. The van der Waals surface area contributed by atoms with Crippen molar-refractivity contribution >= 4 is 28.6 Å². The van der Waals surface area contributed by atoms with E-state index in [0.29, 0.717) is 5.69 Å². The van der Waals surface area contributed by atoms with Gasteiger partial charge in [0.05, 0.1) is 10.6 Å². The number of nitrogens with one attached hydrogen (secondary N) is 1. The highest BCUT2D eigenvalue weighted by Gasteiger charge is 2.34. The Balaban J connectivity index is 1.84. The van der Waals surface area contributed by atoms with E-state index >= 15 is 0 Å². The molecule has 0 aromatic heterocycles. The maximum atomic E-state index is 12.9. The first-order valence-corrected chi connectivity index (χ1v) is 8.16. The molecule has 1 aliphatic carbocycles. The number of rotatable bonds is 3. The van der Waals surface area contributed by atoms with Crippen LogP contribution in [0, 0.1) is 10.1 Å². The Morgan fingerprint density at radius 1 is 0.786 bits per heavy atom. The summed E-state index contributed by atoms with van der Waals surface area (Å²) in [6.07, 6.45) is 0. The lowest BCUT2D eigenvalue weighted by Crippen LogP contribution is -2.21. The molecule has 0 saturated heterocycles. The van der Waals surface area contributed by atoms with E-state index in [9.17, 15) is 29.9 Å². The van der Waals surface area contributed by atoms with Crippen molar-refractivity contribution in [2.75, 3.05) is 5.32 Å². The molecular weight excluding hydrogens is 364 g/mol. The van der Waals surface area contributed by atoms with Crippen LogP contribution in [0.4, 0.5) is 17.1 Å². The number of nitro benzene ring substituents is 1. The summed E-state index contributed by atoms with van der Waals surface area (Å²) in [5.41, 5.74) is -0.130. The van der Waals surface area contributed by atoms with Crippen LogP contribution in [-0.2, 0) is 0 Å². The fourth-order valence-electron chi connectivity index (χ4n) is 3.13. The quantitative estimate of drug-likeness (QED) is 0.283. The molecular formula is C20H12N2O6. The highest BCUT2D eigenvalue weighted by atomic mass is 16.6. The molecule has 0 fully saturated rings. The molecule has 8 nitrogen and oxygen atoms in total. The van der Waals surface area contributed by atoms with E-state index in [4.69, 9.17) is 0 Å². The Bertz CT molecular complexity index is 1170. The average Bonchev–Trinajstić information content (AvgIpc) is 2.67. The lowest BCUT2D eigenvalue weighted by molar-refractivity contribution is -0.385. The van der Waals surface area contributed by atoms with Crippen LogP contribution in [0.2, 0.25) is 0 Å². The monoisotopic (exact) mass is 376 g/mol. The van der Waals surface area contributed by atoms with Gasteiger partial charge in [0.15, 0.2) is 17.3 Å². The van der Waals surface area contributed by atoms with Gasteiger partial charge < -0.3 is 15.5 Å². The predicted octanol–water partition coefficient (Wildman–Crippen LogP) is 3.53. The number of hydrogen-bond donors (Lipinski definition) is 3. The number of carbonyl (C=O) groups is 2. The largest absolute Gasteiger partial charge is 0.506 e. The summed E-state index contributed by atoms with van der Waals surface area (Å²) in [6.45, 7) is 0. The topological polar surface area (TPSA) is 130 Å². The number of phenolic OH excluding ortho intramolecular Hbond substituents is 2. The van der Waals surface area contributed by atoms with E-state index in [1.54, 1.807) is 24.3 Å². The van der Waals surface area contributed by atoms with Crippen molar-refractivity contribution in [2.45, 2.75) is 0 Å². The molecule has 3 aromatic rings. The standard InChI is InChI=1S/C20H12N2O6/c23-17-8-13-11(6-15(17)21-10-4-2-1-3-5-10)19(25)14-9-18(24)16(22(27)28)7-12(14)20(13)26/h1-9,21,23-24H. The number of aromatic hydroxyl groups is 2. The zero-order valence-corrected chi connectivity index (χ0v) is 14.2. The van der Waals surface area contributed by atoms with E-state index in [1.165, 1.54) is 6.07 Å². The molecule has 0 radical (unpaired) electrons. The Morgan fingerprint density at radius 3 is 1.93 bits per heavy atom. The molecule has 0 heterocycles. The number of carbonyl (C=O) groups excluding carboxylic acids is 2. The highest BCUT2D eigenvalue weighted by molar-refractivity contribution is 6.29. The molecule has 0 unspecified atom stereocenters. The van der Waals surface area contributed by atoms with Gasteiger partial charge >= 0.3 is 5.69 Å². The fraction of sp³-hybridized carbons (Fsp3) is 0. The first-order valence-electron chi connectivity index (χ1n) is 8.16. The van der Waals surface area contributed by atoms with Gasteiger partial charge in [0.1, 0.15) is 5.75 Å². The third-order valence-electron chi connectivity index (χ3n) is 4.48. The van der Waals surface area contributed by atoms with Gasteiger partial charge in [-0.25, -0.2) is 0 Å². The van der Waals surface area contributed by atoms with E-state index in [-0.39, 0.29) is 33.7 Å². The molecule has 1 aliphatic rings. The minimum atomic E-state index is -0.840. The molecule has 0 atom stereocenters. The molecule has 4 rings (SSSR count). The van der Waals surface area contributed by atoms with Gasteiger partial charge in [0, 0.05) is 34.0 Å². The molecule has 8 heteroatoms. The number of nitro groups is 1. The number of anilines is 2. The summed E-state index contributed by atoms with van der Waals surface area (Å²) < 4.78 is 0. The van der Waals surface area contributed by atoms with E-state index in [1.807, 2.05) is 6.07 Å². The average molecular weight is 376 g/mol. The van der Waals surface area contributed by atoms with Gasteiger partial charge in [-0.2, -0.15) is 0 Å². The number of hydrogen-bond acceptors (Lipinski definition) is 7. The lowest BCUT2D eigenvalue weighted by atomic mass is 9.83. The Hall–Kier alpha value is -4.20. The van der Waals surface area contributed by atoms with Gasteiger partial charge in [0.2, 0.25) is 0 Å². The highest BCUT2D eigenvalue weighted by Crippen LogP contribution is 2.39. The van der Waals surface area contributed by atoms with Crippen LogP contribution in [0.15, 0.2) is 54.6 Å². The van der Waals surface area contributed by atoms with Crippen molar-refractivity contribution in [3.8, 4) is 11.5 Å². The van der Waals surface area contributed by atoms with Crippen LogP contribution in [0.3, 0.4) is 0 Å². The van der Waals surface area contributed by atoms with Gasteiger partial charge in [0.25, 0.3) is 0 Å². The van der Waals surface area contributed by atoms with Crippen LogP contribution in [0.5, 0.6) is 11.5 Å². The number of ketones is 2. The molecule has 0 bridgehead atoms. The molecule has 3 aromatic carbocycles. The number of para-hydroxylation sites is 1. The summed E-state index contributed by atoms with van der Waals surface area (Å²) in [5, 5.41) is 34.1. The second-order valence-electron chi connectivity index (χ2n) is 6.21. The molecule has 0 spiro atoms. The fourth-order valence-corrected chi connectivity index (χ4v) is 3.13. The Labute approximate surface area is 157 Å². The number of benzene rings is 3. The van der Waals surface area contributed by atoms with E-state index in [2.05, 4.69) is 5.32 Å². The summed E-state index contributed by atoms with van der Waals surface area (Å²) >= 11 is 0. The van der Waals surface area contributed by atoms with Gasteiger partial charge in [-0.05, 0) is 30.3 Å². The first kappa shape index (κ1) is 17.2. The van der Waals surface area contributed by atoms with Gasteiger partial charge in [-0.3, -0.25) is 19.7 Å². The van der Waals surface area contributed by atoms with Gasteiger partial charge in [-0.15, -0.1) is 0 Å². The normalized spacial score (nSPS) is 12.3. The molecule has 138 valence electrons. The molecule has 28 heavy (non-hydrogen) atoms. The molecule has 0 saturated carbocycles. The summed E-state index contributed by atoms with van der Waals surface area (Å²) in [6, 6.07) is 13.2. The van der Waals surface area contributed by atoms with Crippen LogP contribution >= 0.6 is 0 Å². The van der Waals surface area contributed by atoms with E-state index < -0.39 is 27.9 Å². The smallest absolute Gasteiger partial charge is 0.311 e. The van der Waals surface area contributed by atoms with Crippen LogP contribution in [0.1, 0.15) is 31.8 Å². The second kappa shape index (κ2) is 6.20. The number of phenols is 2. The predicted molar refractivity (Wildman–Crippen MR) is 99.5 cm³/mol. The summed E-state index contributed by atoms with van der Waals surface area (Å²) in [4.78, 5) is 35.8. The third kappa shape index (κ3) is 2.64. The van der Waals surface area contributed by atoms with Crippen molar-refractivity contribution < 1.29 is 24.7 Å². The number of nitrogens with zero attached hydrogens (tertiary/aromatic N) is 1. The van der Waals surface area contributed by atoms with Gasteiger partial charge in [-0.1, -0.05) is 18.2 Å². The van der Waals surface area contributed by atoms with Crippen molar-refractivity contribution in [3.63, 3.8) is 0 Å². The van der Waals surface area contributed by atoms with Crippen molar-refractivity contribution in [1.82, 2.24) is 0 Å². The number of fused-ring (bicyclic) bond motifs is 2. The minimum Gasteiger partial charge on any atom is -0.506 e. The van der Waals surface area contributed by atoms with Crippen LogP contribution in [-0.4, -0.2) is 26.7 Å². The van der Waals surface area contributed by atoms with Crippen LogP contribution < -0.4 is 5.32 Å². The van der Waals surface area contributed by atoms with Crippen LogP contribution in [0.25, 0.3) is 0 Å². The maximum Gasteiger partial charge on any atom is 0.311 e. The van der Waals surface area contributed by atoms with Crippen molar-refractivity contribution in [1.29, 1.82) is 0 Å². The second-order valence-corrected chi connectivity index (χ2v) is 6.21. The zero-order chi connectivity index (χ0) is 20.0. The Kier molecular flexibility index (Phi) is 3.82. The Morgan fingerprint density at radius 2 is 1.32 bits per heavy atom. The maximum absolute atomic E-state index is 12.9.